The molecule has 3 rings (SSSR count). The molecule has 0 fully saturated rings. The molecule has 0 aliphatic rings. The SMILES string of the molecule is COc1cc(F)c(B(c2cc(OC)c(F)cc2F)c2cc(OC)c(F)cc2F)c(F)c1. The Hall–Kier alpha value is -3.30. The first-order valence-electron chi connectivity index (χ1n) is 8.80. The molecule has 0 atom stereocenters. The Bertz CT molecular complexity index is 1060. The van der Waals surface area contributed by atoms with Crippen LogP contribution in [-0.2, 0) is 0 Å². The number of hydrogen-bond donors (Lipinski definition) is 0. The lowest BCUT2D eigenvalue weighted by atomic mass is 9.36. The molecule has 0 bridgehead atoms. The van der Waals surface area contributed by atoms with Crippen LogP contribution in [0.1, 0.15) is 0 Å². The summed E-state index contributed by atoms with van der Waals surface area (Å²) in [5.41, 5.74) is -1.77. The first-order chi connectivity index (χ1) is 14.7. The molecule has 0 aromatic heterocycles. The molecule has 0 amide bonds. The van der Waals surface area contributed by atoms with Crippen LogP contribution in [0.5, 0.6) is 17.2 Å². The van der Waals surface area contributed by atoms with E-state index in [1.165, 1.54) is 7.11 Å². The fraction of sp³-hybridized carbons (Fsp3) is 0.143. The number of hydrogen-bond acceptors (Lipinski definition) is 3. The fourth-order valence-corrected chi connectivity index (χ4v) is 3.28. The van der Waals surface area contributed by atoms with Crippen LogP contribution in [0.25, 0.3) is 0 Å². The zero-order valence-electron chi connectivity index (χ0n) is 16.5. The van der Waals surface area contributed by atoms with Gasteiger partial charge in [0, 0.05) is 29.7 Å². The summed E-state index contributed by atoms with van der Waals surface area (Å²) < 4.78 is 102. The number of rotatable bonds is 6. The molecule has 0 aliphatic carbocycles. The lowest BCUT2D eigenvalue weighted by Gasteiger charge is -2.20. The van der Waals surface area contributed by atoms with Gasteiger partial charge >= 0.3 is 0 Å². The van der Waals surface area contributed by atoms with E-state index in [0.717, 1.165) is 38.5 Å². The van der Waals surface area contributed by atoms with Crippen LogP contribution in [0.15, 0.2) is 36.4 Å². The van der Waals surface area contributed by atoms with Gasteiger partial charge in [-0.25, -0.2) is 26.3 Å². The van der Waals surface area contributed by atoms with Crippen LogP contribution < -0.4 is 30.6 Å². The Morgan fingerprint density at radius 2 is 0.935 bits per heavy atom. The minimum Gasteiger partial charge on any atom is -0.497 e. The van der Waals surface area contributed by atoms with Crippen LogP contribution in [-0.4, -0.2) is 28.0 Å². The van der Waals surface area contributed by atoms with Crippen LogP contribution in [0.4, 0.5) is 26.3 Å². The van der Waals surface area contributed by atoms with Crippen molar-refractivity contribution >= 4 is 23.1 Å². The molecular weight excluding hydrogens is 425 g/mol. The molecule has 0 spiro atoms. The van der Waals surface area contributed by atoms with E-state index in [-0.39, 0.29) is 5.75 Å². The third-order valence-electron chi connectivity index (χ3n) is 4.74. The summed E-state index contributed by atoms with van der Waals surface area (Å²) in [6.07, 6.45) is 0. The Kier molecular flexibility index (Phi) is 6.38. The normalized spacial score (nSPS) is 10.7. The van der Waals surface area contributed by atoms with Gasteiger partial charge in [0.1, 0.15) is 29.0 Å². The maximum atomic E-state index is 14.9. The molecule has 0 radical (unpaired) electrons. The zero-order chi connectivity index (χ0) is 22.9. The summed E-state index contributed by atoms with van der Waals surface area (Å²) in [5.74, 6) is -8.02. The van der Waals surface area contributed by atoms with E-state index in [1.807, 2.05) is 0 Å². The minimum absolute atomic E-state index is 0.174. The average Bonchev–Trinajstić information content (AvgIpc) is 2.72. The van der Waals surface area contributed by atoms with Crippen molar-refractivity contribution in [2.45, 2.75) is 0 Å². The molecule has 0 unspecified atom stereocenters. The Morgan fingerprint density at radius 3 is 1.29 bits per heavy atom. The molecule has 10 heteroatoms. The van der Waals surface area contributed by atoms with Gasteiger partial charge in [-0.2, -0.15) is 0 Å². The second kappa shape index (κ2) is 8.83. The largest absolute Gasteiger partial charge is 0.497 e. The van der Waals surface area contributed by atoms with Gasteiger partial charge in [0.15, 0.2) is 23.1 Å². The molecule has 0 heterocycles. The zero-order valence-corrected chi connectivity index (χ0v) is 16.5. The molecular formula is C21H15BF6O3. The van der Waals surface area contributed by atoms with Crippen LogP contribution in [0, 0.1) is 34.9 Å². The molecule has 3 aromatic carbocycles. The summed E-state index contributed by atoms with van der Waals surface area (Å²) in [4.78, 5) is 0. The van der Waals surface area contributed by atoms with Gasteiger partial charge < -0.3 is 14.2 Å². The topological polar surface area (TPSA) is 27.7 Å². The number of halogens is 6. The van der Waals surface area contributed by atoms with Crippen molar-refractivity contribution in [2.24, 2.45) is 0 Å². The predicted octanol–water partition coefficient (Wildman–Crippen LogP) is 3.06. The predicted molar refractivity (Wildman–Crippen MR) is 103 cm³/mol. The van der Waals surface area contributed by atoms with Gasteiger partial charge in [0.2, 0.25) is 0 Å². The number of benzene rings is 3. The van der Waals surface area contributed by atoms with Crippen LogP contribution in [0.2, 0.25) is 0 Å². The minimum atomic E-state index is -1.78. The molecule has 0 N–H and O–H groups in total. The second-order valence-electron chi connectivity index (χ2n) is 6.45. The Morgan fingerprint density at radius 1 is 0.516 bits per heavy atom. The molecule has 3 aromatic rings. The van der Waals surface area contributed by atoms with E-state index in [9.17, 15) is 26.3 Å². The van der Waals surface area contributed by atoms with E-state index in [2.05, 4.69) is 0 Å². The van der Waals surface area contributed by atoms with Crippen molar-refractivity contribution in [3.05, 3.63) is 71.3 Å². The standard InChI is InChI=1S/C21H15BF6O3/c1-29-10-4-17(27)21(18(28)5-10)22(11-6-19(30-2)15(25)8-13(11)23)12-7-20(31-3)16(26)9-14(12)24/h4-9H,1-3H3. The van der Waals surface area contributed by atoms with E-state index >= 15 is 0 Å². The van der Waals surface area contributed by atoms with Gasteiger partial charge in [0.05, 0.1) is 21.3 Å². The smallest absolute Gasteiger partial charge is 0.256 e. The van der Waals surface area contributed by atoms with Gasteiger partial charge in [-0.1, -0.05) is 0 Å². The van der Waals surface area contributed by atoms with Gasteiger partial charge in [-0.3, -0.25) is 0 Å². The van der Waals surface area contributed by atoms with Crippen molar-refractivity contribution in [1.82, 2.24) is 0 Å². The molecule has 31 heavy (non-hydrogen) atoms. The molecule has 0 saturated carbocycles. The Balaban J connectivity index is 2.40. The first kappa shape index (κ1) is 22.4. The second-order valence-corrected chi connectivity index (χ2v) is 6.45. The van der Waals surface area contributed by atoms with Crippen molar-refractivity contribution in [3.63, 3.8) is 0 Å². The maximum absolute atomic E-state index is 14.9. The maximum Gasteiger partial charge on any atom is 0.256 e. The summed E-state index contributed by atoms with van der Waals surface area (Å²) in [7, 11) is 3.39. The number of ether oxygens (including phenoxy) is 3. The van der Waals surface area contributed by atoms with Gasteiger partial charge in [-0.15, -0.1) is 0 Å². The summed E-state index contributed by atoms with van der Waals surface area (Å²) >= 11 is 0. The first-order valence-corrected chi connectivity index (χ1v) is 8.80. The summed E-state index contributed by atoms with van der Waals surface area (Å²) in [5, 5.41) is 0. The van der Waals surface area contributed by atoms with E-state index in [0.29, 0.717) is 12.1 Å². The molecule has 162 valence electrons. The highest BCUT2D eigenvalue weighted by molar-refractivity contribution is 6.95. The summed E-state index contributed by atoms with van der Waals surface area (Å²) in [6.45, 7) is -1.78. The van der Waals surface area contributed by atoms with Crippen molar-refractivity contribution in [1.29, 1.82) is 0 Å². The third-order valence-corrected chi connectivity index (χ3v) is 4.74. The van der Waals surface area contributed by atoms with Crippen molar-refractivity contribution in [3.8, 4) is 17.2 Å². The highest BCUT2D eigenvalue weighted by atomic mass is 19.2. The highest BCUT2D eigenvalue weighted by Crippen LogP contribution is 2.21. The fourth-order valence-electron chi connectivity index (χ4n) is 3.28. The summed E-state index contributed by atoms with van der Waals surface area (Å²) in [6, 6.07) is 4.24. The van der Waals surface area contributed by atoms with E-state index in [4.69, 9.17) is 14.2 Å². The third kappa shape index (κ3) is 4.15. The van der Waals surface area contributed by atoms with E-state index < -0.39 is 69.5 Å². The van der Waals surface area contributed by atoms with Crippen molar-refractivity contribution < 1.29 is 40.6 Å². The lowest BCUT2D eigenvalue weighted by molar-refractivity contribution is 0.384. The van der Waals surface area contributed by atoms with Gasteiger partial charge in [0.25, 0.3) is 6.71 Å². The van der Waals surface area contributed by atoms with Gasteiger partial charge in [-0.05, 0) is 23.1 Å². The molecule has 3 nitrogen and oxygen atoms in total. The number of methoxy groups -OCH3 is 3. The lowest BCUT2D eigenvalue weighted by Crippen LogP contribution is -2.57. The highest BCUT2D eigenvalue weighted by Gasteiger charge is 2.35. The quantitative estimate of drug-likeness (QED) is 0.436. The van der Waals surface area contributed by atoms with E-state index in [1.54, 1.807) is 0 Å². The monoisotopic (exact) mass is 440 g/mol. The van der Waals surface area contributed by atoms with Crippen LogP contribution >= 0.6 is 0 Å². The Labute approximate surface area is 174 Å². The average molecular weight is 440 g/mol. The molecule has 0 saturated heterocycles. The van der Waals surface area contributed by atoms with Crippen LogP contribution in [0.3, 0.4) is 0 Å². The van der Waals surface area contributed by atoms with Crippen molar-refractivity contribution in [2.75, 3.05) is 21.3 Å². The molecule has 0 aliphatic heterocycles.